The molecule has 2 aromatic rings. The minimum Gasteiger partial charge on any atom is -0.480 e. The molecule has 0 aliphatic carbocycles. The number of hydrogen-bond donors (Lipinski definition) is 2. The Morgan fingerprint density at radius 3 is 2.96 bits per heavy atom. The van der Waals surface area contributed by atoms with Gasteiger partial charge in [-0.2, -0.15) is 9.90 Å². The summed E-state index contributed by atoms with van der Waals surface area (Å²) in [5.41, 5.74) is 0.957. The topological polar surface area (TPSA) is 116 Å². The molecule has 3 rings (SSSR count). The summed E-state index contributed by atoms with van der Waals surface area (Å²) < 4.78 is 10.5. The number of benzene rings is 1. The van der Waals surface area contributed by atoms with Gasteiger partial charge in [-0.25, -0.2) is 0 Å². The van der Waals surface area contributed by atoms with E-state index in [4.69, 9.17) is 14.6 Å². The third kappa shape index (κ3) is 3.76. The number of rotatable bonds is 6. The van der Waals surface area contributed by atoms with Gasteiger partial charge in [-0.1, -0.05) is 6.07 Å². The van der Waals surface area contributed by atoms with Gasteiger partial charge in [0, 0.05) is 6.42 Å². The summed E-state index contributed by atoms with van der Waals surface area (Å²) in [6.45, 7) is -0.141. The second-order valence-electron chi connectivity index (χ2n) is 4.89. The van der Waals surface area contributed by atoms with Gasteiger partial charge in [0.05, 0.1) is 6.20 Å². The number of nitrogens with zero attached hydrogens (tertiary/aromatic N) is 3. The van der Waals surface area contributed by atoms with Crippen LogP contribution in [-0.4, -0.2) is 38.8 Å². The first kappa shape index (κ1) is 14.8. The molecular weight excluding hydrogens is 304 g/mol. The fraction of sp³-hybridized carbons (Fsp3) is 0.286. The average molecular weight is 318 g/mol. The molecule has 120 valence electrons. The smallest absolute Gasteiger partial charge is 0.327 e. The van der Waals surface area contributed by atoms with Gasteiger partial charge in [0.15, 0.2) is 23.9 Å². The third-order valence-electron chi connectivity index (χ3n) is 3.16. The van der Waals surface area contributed by atoms with Crippen LogP contribution in [0.3, 0.4) is 0 Å². The molecule has 1 aliphatic rings. The maximum absolute atomic E-state index is 11.9. The van der Waals surface area contributed by atoms with E-state index >= 15 is 0 Å². The molecule has 2 heterocycles. The van der Waals surface area contributed by atoms with Crippen molar-refractivity contribution in [2.24, 2.45) is 0 Å². The summed E-state index contributed by atoms with van der Waals surface area (Å²) in [7, 11) is 0. The van der Waals surface area contributed by atoms with Crippen LogP contribution in [0.15, 0.2) is 24.4 Å². The zero-order chi connectivity index (χ0) is 16.2. The van der Waals surface area contributed by atoms with Gasteiger partial charge < -0.3 is 19.9 Å². The van der Waals surface area contributed by atoms with E-state index in [1.165, 1.54) is 6.20 Å². The van der Waals surface area contributed by atoms with E-state index in [2.05, 4.69) is 15.5 Å². The Labute approximate surface area is 130 Å². The molecule has 0 bridgehead atoms. The lowest BCUT2D eigenvalue weighted by molar-refractivity contribution is -0.138. The van der Waals surface area contributed by atoms with E-state index < -0.39 is 5.97 Å². The molecular formula is C14H14N4O5. The molecule has 0 atom stereocenters. The fourth-order valence-corrected chi connectivity index (χ4v) is 2.11. The van der Waals surface area contributed by atoms with Crippen molar-refractivity contribution in [2.75, 3.05) is 12.1 Å². The Balaban J connectivity index is 1.51. The molecule has 9 nitrogen and oxygen atoms in total. The Hall–Kier alpha value is -3.10. The Morgan fingerprint density at radius 1 is 1.30 bits per heavy atom. The lowest BCUT2D eigenvalue weighted by Gasteiger charge is -2.03. The van der Waals surface area contributed by atoms with Gasteiger partial charge >= 0.3 is 5.97 Å². The second kappa shape index (κ2) is 6.34. The lowest BCUT2D eigenvalue weighted by Crippen LogP contribution is -2.14. The highest BCUT2D eigenvalue weighted by Gasteiger charge is 2.14. The largest absolute Gasteiger partial charge is 0.480 e. The molecule has 0 unspecified atom stereocenters. The van der Waals surface area contributed by atoms with Crippen molar-refractivity contribution in [1.82, 2.24) is 15.0 Å². The van der Waals surface area contributed by atoms with Gasteiger partial charge in [-0.05, 0) is 24.1 Å². The Kier molecular flexibility index (Phi) is 4.09. The summed E-state index contributed by atoms with van der Waals surface area (Å²) in [5, 5.41) is 18.8. The predicted molar refractivity (Wildman–Crippen MR) is 77.2 cm³/mol. The number of fused-ring (bicyclic) bond motifs is 1. The number of nitrogens with one attached hydrogen (secondary N) is 1. The van der Waals surface area contributed by atoms with Crippen LogP contribution < -0.4 is 14.8 Å². The molecule has 1 aliphatic heterocycles. The summed E-state index contributed by atoms with van der Waals surface area (Å²) in [4.78, 5) is 23.4. The zero-order valence-electron chi connectivity index (χ0n) is 12.1. The Bertz CT molecular complexity index is 743. The molecule has 0 radical (unpaired) electrons. The average Bonchev–Trinajstić information content (AvgIpc) is 3.13. The maximum atomic E-state index is 11.9. The molecule has 0 fully saturated rings. The van der Waals surface area contributed by atoms with Gasteiger partial charge in [0.1, 0.15) is 0 Å². The molecule has 0 saturated carbocycles. The number of hydrogen-bond acceptors (Lipinski definition) is 6. The SMILES string of the molecule is O=C(O)Cn1ncc(NC(=O)CCc2ccc3c(c2)OCO3)n1. The number of aromatic nitrogens is 3. The van der Waals surface area contributed by atoms with Crippen LogP contribution in [0.2, 0.25) is 0 Å². The van der Waals surface area contributed by atoms with Crippen LogP contribution in [0.4, 0.5) is 5.82 Å². The van der Waals surface area contributed by atoms with Crippen molar-refractivity contribution in [3.63, 3.8) is 0 Å². The van der Waals surface area contributed by atoms with Crippen molar-refractivity contribution in [2.45, 2.75) is 19.4 Å². The van der Waals surface area contributed by atoms with Crippen LogP contribution in [-0.2, 0) is 22.6 Å². The van der Waals surface area contributed by atoms with Crippen LogP contribution in [0, 0.1) is 0 Å². The summed E-state index contributed by atoms with van der Waals surface area (Å²) in [6.07, 6.45) is 2.10. The van der Waals surface area contributed by atoms with Gasteiger partial charge in [-0.15, -0.1) is 5.10 Å². The number of amides is 1. The van der Waals surface area contributed by atoms with Crippen molar-refractivity contribution >= 4 is 17.7 Å². The van der Waals surface area contributed by atoms with Crippen molar-refractivity contribution in [3.05, 3.63) is 30.0 Å². The standard InChI is InChI=1S/C14H14N4O5/c19-13(16-12-6-15-18(17-12)7-14(20)21)4-2-9-1-3-10-11(5-9)23-8-22-10/h1,3,5-6H,2,4,7-8H2,(H,20,21)(H,16,17,19). The number of carbonyl (C=O) groups is 2. The van der Waals surface area contributed by atoms with Crippen LogP contribution in [0.5, 0.6) is 11.5 Å². The fourth-order valence-electron chi connectivity index (χ4n) is 2.11. The summed E-state index contributed by atoms with van der Waals surface area (Å²) in [6, 6.07) is 5.54. The first-order valence-corrected chi connectivity index (χ1v) is 6.90. The Morgan fingerprint density at radius 2 is 2.13 bits per heavy atom. The number of carboxylic acids is 1. The molecule has 1 aromatic heterocycles. The summed E-state index contributed by atoms with van der Waals surface area (Å²) in [5.74, 6) is 0.320. The molecule has 1 aromatic carbocycles. The number of carbonyl (C=O) groups excluding carboxylic acids is 1. The molecule has 1 amide bonds. The number of aliphatic carboxylic acids is 1. The van der Waals surface area contributed by atoms with Crippen molar-refractivity contribution in [1.29, 1.82) is 0 Å². The molecule has 0 spiro atoms. The predicted octanol–water partition coefficient (Wildman–Crippen LogP) is 0.663. The van der Waals surface area contributed by atoms with Gasteiger partial charge in [0.25, 0.3) is 0 Å². The third-order valence-corrected chi connectivity index (χ3v) is 3.16. The second-order valence-corrected chi connectivity index (χ2v) is 4.89. The van der Waals surface area contributed by atoms with E-state index in [9.17, 15) is 9.59 Å². The zero-order valence-corrected chi connectivity index (χ0v) is 12.1. The minimum absolute atomic E-state index is 0.214. The van der Waals surface area contributed by atoms with Crippen molar-refractivity contribution in [3.8, 4) is 11.5 Å². The van der Waals surface area contributed by atoms with Crippen molar-refractivity contribution < 1.29 is 24.2 Å². The van der Waals surface area contributed by atoms with Crippen LogP contribution >= 0.6 is 0 Å². The van der Waals surface area contributed by atoms with E-state index in [0.29, 0.717) is 17.9 Å². The van der Waals surface area contributed by atoms with E-state index in [1.54, 1.807) is 0 Å². The highest BCUT2D eigenvalue weighted by molar-refractivity contribution is 5.89. The van der Waals surface area contributed by atoms with E-state index in [1.807, 2.05) is 18.2 Å². The number of aryl methyl sites for hydroxylation is 1. The molecule has 2 N–H and O–H groups in total. The minimum atomic E-state index is -1.05. The van der Waals surface area contributed by atoms with Gasteiger partial charge in [-0.3, -0.25) is 9.59 Å². The summed E-state index contributed by atoms with van der Waals surface area (Å²) >= 11 is 0. The highest BCUT2D eigenvalue weighted by Crippen LogP contribution is 2.32. The molecule has 23 heavy (non-hydrogen) atoms. The molecule has 0 saturated heterocycles. The van der Waals surface area contributed by atoms with Gasteiger partial charge in [0.2, 0.25) is 12.7 Å². The number of anilines is 1. The molecule has 9 heteroatoms. The van der Waals surface area contributed by atoms with E-state index in [-0.39, 0.29) is 31.5 Å². The monoisotopic (exact) mass is 318 g/mol. The lowest BCUT2D eigenvalue weighted by atomic mass is 10.1. The van der Waals surface area contributed by atoms with E-state index in [0.717, 1.165) is 10.4 Å². The maximum Gasteiger partial charge on any atom is 0.327 e. The number of carboxylic acid groups (broad SMARTS) is 1. The first-order chi connectivity index (χ1) is 11.1. The number of ether oxygens (including phenoxy) is 2. The van der Waals surface area contributed by atoms with Crippen LogP contribution in [0.25, 0.3) is 0 Å². The quantitative estimate of drug-likeness (QED) is 0.804. The first-order valence-electron chi connectivity index (χ1n) is 6.90. The normalized spacial score (nSPS) is 12.2. The highest BCUT2D eigenvalue weighted by atomic mass is 16.7. The van der Waals surface area contributed by atoms with Crippen LogP contribution in [0.1, 0.15) is 12.0 Å².